The first-order valence-electron chi connectivity index (χ1n) is 5.72. The van der Waals surface area contributed by atoms with Crippen LogP contribution in [0.4, 0.5) is 8.78 Å². The first-order valence-corrected chi connectivity index (χ1v) is 6.64. The SMILES string of the molecule is CC(C)[C@H](Br)C(=O)N[C@@H](C)c1ccc(F)cc1F. The van der Waals surface area contributed by atoms with Gasteiger partial charge in [0.15, 0.2) is 0 Å². The number of benzene rings is 1. The smallest absolute Gasteiger partial charge is 0.234 e. The van der Waals surface area contributed by atoms with Crippen molar-refractivity contribution in [1.82, 2.24) is 5.32 Å². The number of carbonyl (C=O) groups excluding carboxylic acids is 1. The lowest BCUT2D eigenvalue weighted by atomic mass is 10.1. The average Bonchev–Trinajstić information content (AvgIpc) is 2.27. The average molecular weight is 320 g/mol. The van der Waals surface area contributed by atoms with E-state index in [9.17, 15) is 13.6 Å². The highest BCUT2D eigenvalue weighted by Gasteiger charge is 2.21. The van der Waals surface area contributed by atoms with Crippen molar-refractivity contribution in [3.8, 4) is 0 Å². The normalized spacial score (nSPS) is 14.4. The van der Waals surface area contributed by atoms with Crippen LogP contribution in [0.2, 0.25) is 0 Å². The minimum absolute atomic E-state index is 0.135. The van der Waals surface area contributed by atoms with Crippen LogP contribution >= 0.6 is 15.9 Å². The van der Waals surface area contributed by atoms with Crippen molar-refractivity contribution in [2.24, 2.45) is 5.92 Å². The van der Waals surface area contributed by atoms with Gasteiger partial charge in [-0.25, -0.2) is 8.78 Å². The van der Waals surface area contributed by atoms with Crippen LogP contribution < -0.4 is 5.32 Å². The fourth-order valence-electron chi connectivity index (χ4n) is 1.53. The number of hydrogen-bond donors (Lipinski definition) is 1. The van der Waals surface area contributed by atoms with Gasteiger partial charge in [0.1, 0.15) is 11.6 Å². The van der Waals surface area contributed by atoms with Gasteiger partial charge in [-0.2, -0.15) is 0 Å². The molecule has 0 aliphatic rings. The van der Waals surface area contributed by atoms with Gasteiger partial charge in [-0.1, -0.05) is 35.8 Å². The van der Waals surface area contributed by atoms with Gasteiger partial charge in [0.25, 0.3) is 0 Å². The molecule has 0 fully saturated rings. The van der Waals surface area contributed by atoms with Crippen LogP contribution in [-0.2, 0) is 4.79 Å². The molecular formula is C13H16BrF2NO. The van der Waals surface area contributed by atoms with Crippen LogP contribution in [-0.4, -0.2) is 10.7 Å². The molecule has 0 aliphatic carbocycles. The molecule has 0 aromatic heterocycles. The standard InChI is InChI=1S/C13H16BrF2NO/c1-7(2)12(14)13(18)17-8(3)10-5-4-9(15)6-11(10)16/h4-8,12H,1-3H3,(H,17,18)/t8-,12-/m0/s1. The highest BCUT2D eigenvalue weighted by atomic mass is 79.9. The van der Waals surface area contributed by atoms with E-state index >= 15 is 0 Å². The molecule has 1 aromatic rings. The van der Waals surface area contributed by atoms with Crippen molar-refractivity contribution in [2.45, 2.75) is 31.6 Å². The maximum Gasteiger partial charge on any atom is 0.234 e. The second-order valence-electron chi connectivity index (χ2n) is 4.54. The monoisotopic (exact) mass is 319 g/mol. The molecule has 18 heavy (non-hydrogen) atoms. The Bertz CT molecular complexity index is 437. The minimum atomic E-state index is -0.654. The Morgan fingerprint density at radius 3 is 2.39 bits per heavy atom. The van der Waals surface area contributed by atoms with E-state index < -0.39 is 17.7 Å². The summed E-state index contributed by atoms with van der Waals surface area (Å²) >= 11 is 3.27. The highest BCUT2D eigenvalue weighted by Crippen LogP contribution is 2.19. The Morgan fingerprint density at radius 2 is 1.89 bits per heavy atom. The van der Waals surface area contributed by atoms with Gasteiger partial charge in [0, 0.05) is 11.6 Å². The predicted molar refractivity (Wildman–Crippen MR) is 70.5 cm³/mol. The summed E-state index contributed by atoms with van der Waals surface area (Å²) in [6.07, 6.45) is 0. The topological polar surface area (TPSA) is 29.1 Å². The third-order valence-corrected chi connectivity index (χ3v) is 4.10. The second-order valence-corrected chi connectivity index (χ2v) is 5.53. The molecular weight excluding hydrogens is 304 g/mol. The van der Waals surface area contributed by atoms with E-state index in [0.717, 1.165) is 6.07 Å². The molecule has 2 atom stereocenters. The first kappa shape index (κ1) is 15.1. The number of amides is 1. The Hall–Kier alpha value is -0.970. The molecule has 1 aromatic carbocycles. The quantitative estimate of drug-likeness (QED) is 0.845. The van der Waals surface area contributed by atoms with Gasteiger partial charge < -0.3 is 5.32 Å². The number of carbonyl (C=O) groups is 1. The molecule has 0 unspecified atom stereocenters. The molecule has 1 N–H and O–H groups in total. The Morgan fingerprint density at radius 1 is 1.28 bits per heavy atom. The molecule has 0 heterocycles. The zero-order valence-corrected chi connectivity index (χ0v) is 12.1. The van der Waals surface area contributed by atoms with E-state index in [1.54, 1.807) is 6.92 Å². The zero-order valence-electron chi connectivity index (χ0n) is 10.5. The summed E-state index contributed by atoms with van der Waals surface area (Å²) in [5.74, 6) is -1.36. The maximum atomic E-state index is 13.5. The molecule has 1 rings (SSSR count). The van der Waals surface area contributed by atoms with E-state index in [0.29, 0.717) is 0 Å². The van der Waals surface area contributed by atoms with Gasteiger partial charge in [-0.05, 0) is 18.9 Å². The zero-order chi connectivity index (χ0) is 13.9. The van der Waals surface area contributed by atoms with Crippen molar-refractivity contribution in [3.05, 3.63) is 35.4 Å². The van der Waals surface area contributed by atoms with Crippen molar-refractivity contribution in [2.75, 3.05) is 0 Å². The van der Waals surface area contributed by atoms with Gasteiger partial charge in [-0.3, -0.25) is 4.79 Å². The summed E-state index contributed by atoms with van der Waals surface area (Å²) in [4.78, 5) is 11.5. The Balaban J connectivity index is 2.76. The number of halogens is 3. The van der Waals surface area contributed by atoms with Gasteiger partial charge in [-0.15, -0.1) is 0 Å². The van der Waals surface area contributed by atoms with Crippen LogP contribution in [0.15, 0.2) is 18.2 Å². The molecule has 0 saturated carbocycles. The van der Waals surface area contributed by atoms with E-state index in [1.165, 1.54) is 12.1 Å². The molecule has 2 nitrogen and oxygen atoms in total. The third kappa shape index (κ3) is 3.77. The number of nitrogens with one attached hydrogen (secondary N) is 1. The Kier molecular flexibility index (Phi) is 5.26. The van der Waals surface area contributed by atoms with Crippen molar-refractivity contribution in [1.29, 1.82) is 0 Å². The van der Waals surface area contributed by atoms with E-state index in [4.69, 9.17) is 0 Å². The summed E-state index contributed by atoms with van der Waals surface area (Å²) in [5.41, 5.74) is 0.271. The van der Waals surface area contributed by atoms with Gasteiger partial charge in [0.05, 0.1) is 10.9 Å². The lowest BCUT2D eigenvalue weighted by Gasteiger charge is -2.19. The highest BCUT2D eigenvalue weighted by molar-refractivity contribution is 9.10. The van der Waals surface area contributed by atoms with E-state index in [2.05, 4.69) is 21.2 Å². The van der Waals surface area contributed by atoms with Crippen LogP contribution in [0.5, 0.6) is 0 Å². The van der Waals surface area contributed by atoms with Crippen LogP contribution in [0.1, 0.15) is 32.4 Å². The number of hydrogen-bond acceptors (Lipinski definition) is 1. The molecule has 5 heteroatoms. The molecule has 0 aliphatic heterocycles. The van der Waals surface area contributed by atoms with Crippen LogP contribution in [0.3, 0.4) is 0 Å². The minimum Gasteiger partial charge on any atom is -0.348 e. The summed E-state index contributed by atoms with van der Waals surface area (Å²) in [6, 6.07) is 2.83. The number of alkyl halides is 1. The number of rotatable bonds is 4. The molecule has 0 radical (unpaired) electrons. The van der Waals surface area contributed by atoms with Crippen molar-refractivity contribution >= 4 is 21.8 Å². The molecule has 1 amide bonds. The fraction of sp³-hybridized carbons (Fsp3) is 0.462. The second kappa shape index (κ2) is 6.27. The first-order chi connectivity index (χ1) is 8.32. The fourth-order valence-corrected chi connectivity index (χ4v) is 1.66. The molecule has 0 saturated heterocycles. The van der Waals surface area contributed by atoms with Crippen LogP contribution in [0, 0.1) is 17.6 Å². The van der Waals surface area contributed by atoms with E-state index in [1.807, 2.05) is 13.8 Å². The van der Waals surface area contributed by atoms with Crippen LogP contribution in [0.25, 0.3) is 0 Å². The summed E-state index contributed by atoms with van der Waals surface area (Å²) in [6.45, 7) is 5.47. The lowest BCUT2D eigenvalue weighted by molar-refractivity contribution is -0.121. The maximum absolute atomic E-state index is 13.5. The largest absolute Gasteiger partial charge is 0.348 e. The summed E-state index contributed by atoms with van der Waals surface area (Å²) in [5, 5.41) is 2.69. The molecule has 100 valence electrons. The van der Waals surface area contributed by atoms with E-state index in [-0.39, 0.29) is 22.2 Å². The summed E-state index contributed by atoms with van der Waals surface area (Å²) < 4.78 is 26.3. The van der Waals surface area contributed by atoms with Gasteiger partial charge >= 0.3 is 0 Å². The van der Waals surface area contributed by atoms with Gasteiger partial charge in [0.2, 0.25) is 5.91 Å². The third-order valence-electron chi connectivity index (χ3n) is 2.62. The Labute approximate surface area is 114 Å². The lowest BCUT2D eigenvalue weighted by Crippen LogP contribution is -2.35. The van der Waals surface area contributed by atoms with Crippen molar-refractivity contribution in [3.63, 3.8) is 0 Å². The van der Waals surface area contributed by atoms with Crippen molar-refractivity contribution < 1.29 is 13.6 Å². The molecule has 0 bridgehead atoms. The molecule has 0 spiro atoms. The summed E-state index contributed by atoms with van der Waals surface area (Å²) in [7, 11) is 0. The predicted octanol–water partition coefficient (Wildman–Crippen LogP) is 3.56.